The van der Waals surface area contributed by atoms with Crippen LogP contribution < -0.4 is 0 Å². The lowest BCUT2D eigenvalue weighted by atomic mass is 10.1. The average Bonchev–Trinajstić information content (AvgIpc) is 2.36. The Kier molecular flexibility index (Phi) is 2.37. The molecule has 0 aromatic heterocycles. The molecule has 1 fully saturated rings. The van der Waals surface area contributed by atoms with Gasteiger partial charge in [-0.2, -0.15) is 0 Å². The van der Waals surface area contributed by atoms with Crippen molar-refractivity contribution < 1.29 is 14.3 Å². The van der Waals surface area contributed by atoms with Crippen molar-refractivity contribution in [1.29, 1.82) is 0 Å². The van der Waals surface area contributed by atoms with E-state index in [1.807, 2.05) is 6.92 Å². The Morgan fingerprint density at radius 1 is 1.36 bits per heavy atom. The highest BCUT2D eigenvalue weighted by Gasteiger charge is 2.32. The Balaban J connectivity index is 2.39. The second-order valence-corrected chi connectivity index (χ2v) is 3.21. The smallest absolute Gasteiger partial charge is 0.438 e. The Hall–Kier alpha value is -0.730. The van der Waals surface area contributed by atoms with Gasteiger partial charge < -0.3 is 9.47 Å². The number of carbonyl (C=O) groups is 1. The van der Waals surface area contributed by atoms with Crippen LogP contribution in [0.4, 0.5) is 4.79 Å². The van der Waals surface area contributed by atoms with Crippen molar-refractivity contribution in [1.82, 2.24) is 0 Å². The lowest BCUT2D eigenvalue weighted by molar-refractivity contribution is -0.0130. The molecular weight excluding hydrogens is 144 g/mol. The van der Waals surface area contributed by atoms with Gasteiger partial charge in [-0.05, 0) is 32.6 Å². The zero-order chi connectivity index (χ0) is 8.32. The van der Waals surface area contributed by atoms with Crippen molar-refractivity contribution in [2.75, 3.05) is 7.11 Å². The van der Waals surface area contributed by atoms with Gasteiger partial charge in [-0.3, -0.25) is 0 Å². The van der Waals surface area contributed by atoms with Crippen LogP contribution in [0.25, 0.3) is 0 Å². The number of methoxy groups -OCH3 is 1. The first-order valence-electron chi connectivity index (χ1n) is 3.93. The van der Waals surface area contributed by atoms with E-state index in [4.69, 9.17) is 4.74 Å². The molecular formula is C8H14O3. The van der Waals surface area contributed by atoms with E-state index in [1.165, 1.54) is 7.11 Å². The number of hydrogen-bond donors (Lipinski definition) is 0. The molecule has 1 aliphatic rings. The largest absolute Gasteiger partial charge is 0.508 e. The lowest BCUT2D eigenvalue weighted by Crippen LogP contribution is -2.27. The molecule has 11 heavy (non-hydrogen) atoms. The quantitative estimate of drug-likeness (QED) is 0.548. The molecule has 0 amide bonds. The monoisotopic (exact) mass is 158 g/mol. The Bertz CT molecular complexity index is 147. The van der Waals surface area contributed by atoms with Crippen LogP contribution in [0.3, 0.4) is 0 Å². The molecule has 0 atom stereocenters. The molecule has 0 N–H and O–H groups in total. The van der Waals surface area contributed by atoms with Gasteiger partial charge >= 0.3 is 6.16 Å². The summed E-state index contributed by atoms with van der Waals surface area (Å²) in [4.78, 5) is 10.7. The third kappa shape index (κ3) is 2.10. The third-order valence-corrected chi connectivity index (χ3v) is 2.16. The minimum atomic E-state index is -0.561. The zero-order valence-electron chi connectivity index (χ0n) is 7.05. The van der Waals surface area contributed by atoms with E-state index >= 15 is 0 Å². The van der Waals surface area contributed by atoms with E-state index < -0.39 is 6.16 Å². The van der Waals surface area contributed by atoms with Gasteiger partial charge in [-0.1, -0.05) is 0 Å². The highest BCUT2D eigenvalue weighted by molar-refractivity contribution is 5.60. The number of ether oxygens (including phenoxy) is 2. The molecule has 1 saturated carbocycles. The van der Waals surface area contributed by atoms with Crippen molar-refractivity contribution in [2.24, 2.45) is 0 Å². The molecule has 1 aliphatic carbocycles. The summed E-state index contributed by atoms with van der Waals surface area (Å²) in [7, 11) is 1.33. The molecule has 3 heteroatoms. The zero-order valence-corrected chi connectivity index (χ0v) is 7.05. The average molecular weight is 158 g/mol. The maximum atomic E-state index is 10.7. The van der Waals surface area contributed by atoms with E-state index in [9.17, 15) is 4.79 Å². The fourth-order valence-corrected chi connectivity index (χ4v) is 1.47. The van der Waals surface area contributed by atoms with Crippen LogP contribution >= 0.6 is 0 Å². The van der Waals surface area contributed by atoms with Crippen LogP contribution in [-0.4, -0.2) is 18.9 Å². The summed E-state index contributed by atoms with van der Waals surface area (Å²) in [5.74, 6) is 0. The topological polar surface area (TPSA) is 35.5 Å². The van der Waals surface area contributed by atoms with Crippen molar-refractivity contribution in [3.63, 3.8) is 0 Å². The molecule has 0 unspecified atom stereocenters. The molecule has 1 rings (SSSR count). The maximum absolute atomic E-state index is 10.7. The molecule has 0 heterocycles. The molecule has 0 bridgehead atoms. The Morgan fingerprint density at radius 3 is 2.36 bits per heavy atom. The molecule has 0 radical (unpaired) electrons. The first kappa shape index (κ1) is 8.37. The van der Waals surface area contributed by atoms with Gasteiger partial charge in [0.05, 0.1) is 7.11 Å². The third-order valence-electron chi connectivity index (χ3n) is 2.16. The standard InChI is InChI=1S/C8H14O3/c1-8(5-3-4-6-8)11-7(9)10-2/h3-6H2,1-2H3. The highest BCUT2D eigenvalue weighted by Crippen LogP contribution is 2.32. The van der Waals surface area contributed by atoms with Crippen LogP contribution in [0.15, 0.2) is 0 Å². The van der Waals surface area contributed by atoms with Gasteiger partial charge in [0.25, 0.3) is 0 Å². The lowest BCUT2D eigenvalue weighted by Gasteiger charge is -2.22. The Labute approximate surface area is 66.7 Å². The summed E-state index contributed by atoms with van der Waals surface area (Å²) < 4.78 is 9.50. The minimum Gasteiger partial charge on any atom is -0.438 e. The summed E-state index contributed by atoms with van der Waals surface area (Å²) in [5.41, 5.74) is -0.257. The van der Waals surface area contributed by atoms with E-state index in [1.54, 1.807) is 0 Å². The molecule has 0 aromatic carbocycles. The predicted molar refractivity (Wildman–Crippen MR) is 40.4 cm³/mol. The molecule has 0 aromatic rings. The first-order valence-corrected chi connectivity index (χ1v) is 3.93. The molecule has 0 aliphatic heterocycles. The second kappa shape index (κ2) is 3.11. The van der Waals surface area contributed by atoms with Crippen LogP contribution in [0.1, 0.15) is 32.6 Å². The fourth-order valence-electron chi connectivity index (χ4n) is 1.47. The van der Waals surface area contributed by atoms with Crippen LogP contribution in [0.2, 0.25) is 0 Å². The van der Waals surface area contributed by atoms with Gasteiger partial charge in [0.1, 0.15) is 5.60 Å². The summed E-state index contributed by atoms with van der Waals surface area (Å²) in [6.07, 6.45) is 3.65. The molecule has 0 spiro atoms. The molecule has 64 valence electrons. The van der Waals surface area contributed by atoms with E-state index in [-0.39, 0.29) is 5.60 Å². The van der Waals surface area contributed by atoms with E-state index in [2.05, 4.69) is 4.74 Å². The van der Waals surface area contributed by atoms with Crippen molar-refractivity contribution in [3.05, 3.63) is 0 Å². The van der Waals surface area contributed by atoms with Gasteiger partial charge in [-0.25, -0.2) is 4.79 Å². The fraction of sp³-hybridized carbons (Fsp3) is 0.875. The summed E-state index contributed by atoms with van der Waals surface area (Å²) in [6.45, 7) is 1.96. The summed E-state index contributed by atoms with van der Waals surface area (Å²) in [5, 5.41) is 0. The number of carbonyl (C=O) groups excluding carboxylic acids is 1. The number of hydrogen-bond acceptors (Lipinski definition) is 3. The Morgan fingerprint density at radius 2 is 1.91 bits per heavy atom. The van der Waals surface area contributed by atoms with Crippen LogP contribution in [0, 0.1) is 0 Å². The second-order valence-electron chi connectivity index (χ2n) is 3.21. The first-order chi connectivity index (χ1) is 5.16. The maximum Gasteiger partial charge on any atom is 0.508 e. The SMILES string of the molecule is COC(=O)OC1(C)CCCC1. The van der Waals surface area contributed by atoms with E-state index in [0.29, 0.717) is 0 Å². The van der Waals surface area contributed by atoms with Gasteiger partial charge in [0.2, 0.25) is 0 Å². The van der Waals surface area contributed by atoms with Gasteiger partial charge in [-0.15, -0.1) is 0 Å². The van der Waals surface area contributed by atoms with E-state index in [0.717, 1.165) is 25.7 Å². The molecule has 3 nitrogen and oxygen atoms in total. The predicted octanol–water partition coefficient (Wildman–Crippen LogP) is 2.10. The number of rotatable bonds is 1. The van der Waals surface area contributed by atoms with Crippen molar-refractivity contribution in [2.45, 2.75) is 38.2 Å². The van der Waals surface area contributed by atoms with Gasteiger partial charge in [0.15, 0.2) is 0 Å². The van der Waals surface area contributed by atoms with Crippen LogP contribution in [-0.2, 0) is 9.47 Å². The van der Waals surface area contributed by atoms with Crippen molar-refractivity contribution in [3.8, 4) is 0 Å². The van der Waals surface area contributed by atoms with Gasteiger partial charge in [0, 0.05) is 0 Å². The normalized spacial score (nSPS) is 21.3. The summed E-state index contributed by atoms with van der Waals surface area (Å²) in [6, 6.07) is 0. The highest BCUT2D eigenvalue weighted by atomic mass is 16.7. The minimum absolute atomic E-state index is 0.257. The van der Waals surface area contributed by atoms with Crippen molar-refractivity contribution >= 4 is 6.16 Å². The van der Waals surface area contributed by atoms with Crippen LogP contribution in [0.5, 0.6) is 0 Å². The molecule has 0 saturated heterocycles. The summed E-state index contributed by atoms with van der Waals surface area (Å²) >= 11 is 0.